The molecule has 0 aliphatic carbocycles. The lowest BCUT2D eigenvalue weighted by molar-refractivity contribution is -0.274. The zero-order valence-electron chi connectivity index (χ0n) is 15.7. The number of ether oxygens (including phenoxy) is 2. The van der Waals surface area contributed by atoms with Gasteiger partial charge in [0, 0.05) is 6.54 Å². The largest absolute Gasteiger partial charge is 0.573 e. The van der Waals surface area contributed by atoms with Crippen LogP contribution in [0, 0.1) is 0 Å². The maximum atomic E-state index is 12.6. The molecule has 152 valence electrons. The van der Waals surface area contributed by atoms with E-state index < -0.39 is 18.1 Å². The second kappa shape index (κ2) is 7.33. The second-order valence-corrected chi connectivity index (χ2v) is 7.43. The normalized spacial score (nSPS) is 17.6. The molecule has 10 heteroatoms. The minimum Gasteiger partial charge on any atom is -0.444 e. The number of hydrogen-bond donors (Lipinski definition) is 1. The summed E-state index contributed by atoms with van der Waals surface area (Å²) >= 11 is 0. The quantitative estimate of drug-likeness (QED) is 0.827. The summed E-state index contributed by atoms with van der Waals surface area (Å²) in [6.45, 7) is 5.84. The van der Waals surface area contributed by atoms with Crippen LogP contribution in [-0.4, -0.2) is 44.7 Å². The predicted octanol–water partition coefficient (Wildman–Crippen LogP) is 4.44. The van der Waals surface area contributed by atoms with Crippen molar-refractivity contribution in [3.8, 4) is 17.1 Å². The molecule has 1 N–H and O–H groups in total. The van der Waals surface area contributed by atoms with Gasteiger partial charge in [-0.05, 0) is 45.7 Å². The van der Waals surface area contributed by atoms with Gasteiger partial charge in [0.1, 0.15) is 11.4 Å². The van der Waals surface area contributed by atoms with Gasteiger partial charge in [-0.15, -0.1) is 23.4 Å². The molecule has 1 fully saturated rings. The van der Waals surface area contributed by atoms with Gasteiger partial charge in [-0.2, -0.15) is 0 Å². The van der Waals surface area contributed by atoms with Gasteiger partial charge in [-0.3, -0.25) is 4.90 Å². The van der Waals surface area contributed by atoms with Crippen LogP contribution in [0.25, 0.3) is 11.4 Å². The Kier molecular flexibility index (Phi) is 5.22. The van der Waals surface area contributed by atoms with E-state index >= 15 is 0 Å². The molecule has 0 unspecified atom stereocenters. The number of aromatic nitrogens is 3. The van der Waals surface area contributed by atoms with Crippen molar-refractivity contribution in [2.75, 3.05) is 6.54 Å². The number of nitrogens with one attached hydrogen (secondary N) is 1. The summed E-state index contributed by atoms with van der Waals surface area (Å²) < 4.78 is 47.4. The number of nitrogens with zero attached hydrogens (tertiary/aromatic N) is 3. The molecule has 1 aromatic carbocycles. The Morgan fingerprint density at radius 3 is 2.61 bits per heavy atom. The van der Waals surface area contributed by atoms with E-state index in [0.717, 1.165) is 6.42 Å². The highest BCUT2D eigenvalue weighted by atomic mass is 19.4. The second-order valence-electron chi connectivity index (χ2n) is 7.43. The third kappa shape index (κ3) is 4.73. The molecule has 1 atom stereocenters. The number of amides is 1. The maximum Gasteiger partial charge on any atom is 0.573 e. The molecule has 0 radical (unpaired) electrons. The highest BCUT2D eigenvalue weighted by Gasteiger charge is 2.36. The van der Waals surface area contributed by atoms with Crippen molar-refractivity contribution in [3.05, 3.63) is 30.1 Å². The molecule has 1 aromatic heterocycles. The first kappa shape index (κ1) is 20.0. The van der Waals surface area contributed by atoms with Crippen LogP contribution >= 0.6 is 0 Å². The third-order valence-electron chi connectivity index (χ3n) is 4.07. The number of carbonyl (C=O) groups excluding carboxylic acids is 1. The van der Waals surface area contributed by atoms with Gasteiger partial charge in [0.05, 0.1) is 11.6 Å². The van der Waals surface area contributed by atoms with Crippen molar-refractivity contribution in [3.63, 3.8) is 0 Å². The van der Waals surface area contributed by atoms with E-state index in [1.165, 1.54) is 18.2 Å². The van der Waals surface area contributed by atoms with Gasteiger partial charge >= 0.3 is 12.5 Å². The highest BCUT2D eigenvalue weighted by Crippen LogP contribution is 2.35. The fourth-order valence-corrected chi connectivity index (χ4v) is 3.01. The number of aromatic amines is 1. The number of alkyl halides is 3. The first-order valence-electron chi connectivity index (χ1n) is 8.81. The Balaban J connectivity index is 1.84. The fourth-order valence-electron chi connectivity index (χ4n) is 3.01. The monoisotopic (exact) mass is 398 g/mol. The van der Waals surface area contributed by atoms with Crippen molar-refractivity contribution in [2.45, 2.75) is 51.6 Å². The van der Waals surface area contributed by atoms with Crippen LogP contribution in [0.15, 0.2) is 24.3 Å². The lowest BCUT2D eigenvalue weighted by Gasteiger charge is -2.27. The minimum atomic E-state index is -4.82. The van der Waals surface area contributed by atoms with E-state index in [9.17, 15) is 18.0 Å². The van der Waals surface area contributed by atoms with E-state index in [1.807, 2.05) is 0 Å². The molecule has 0 bridgehead atoms. The summed E-state index contributed by atoms with van der Waals surface area (Å²) in [5.74, 6) is 0.138. The van der Waals surface area contributed by atoms with Gasteiger partial charge in [-0.25, -0.2) is 4.79 Å². The summed E-state index contributed by atoms with van der Waals surface area (Å²) in [5.41, 5.74) is -0.509. The lowest BCUT2D eigenvalue weighted by Crippen LogP contribution is -2.36. The van der Waals surface area contributed by atoms with Gasteiger partial charge < -0.3 is 14.5 Å². The van der Waals surface area contributed by atoms with Crippen LogP contribution in [0.3, 0.4) is 0 Å². The average Bonchev–Trinajstić information content (AvgIpc) is 3.21. The van der Waals surface area contributed by atoms with Crippen LogP contribution in [0.2, 0.25) is 0 Å². The molecule has 1 saturated heterocycles. The summed E-state index contributed by atoms with van der Waals surface area (Å²) in [6.07, 6.45) is -3.88. The van der Waals surface area contributed by atoms with Crippen LogP contribution in [0.1, 0.15) is 45.5 Å². The van der Waals surface area contributed by atoms with Gasteiger partial charge in [0.15, 0.2) is 11.6 Å². The number of carbonyl (C=O) groups is 1. The molecule has 3 rings (SSSR count). The van der Waals surface area contributed by atoms with Crippen LogP contribution in [-0.2, 0) is 4.74 Å². The number of likely N-dealkylation sites (tertiary alicyclic amines) is 1. The summed E-state index contributed by atoms with van der Waals surface area (Å²) in [7, 11) is 0. The van der Waals surface area contributed by atoms with E-state index in [2.05, 4.69) is 19.9 Å². The molecule has 1 aliphatic rings. The van der Waals surface area contributed by atoms with E-state index in [0.29, 0.717) is 18.8 Å². The molecule has 1 aliphatic heterocycles. The average molecular weight is 398 g/mol. The first-order chi connectivity index (χ1) is 13.0. The van der Waals surface area contributed by atoms with E-state index in [4.69, 9.17) is 4.74 Å². The summed E-state index contributed by atoms with van der Waals surface area (Å²) in [5, 5.41) is 8.01. The number of H-pyrrole nitrogens is 1. The van der Waals surface area contributed by atoms with Gasteiger partial charge in [-0.1, -0.05) is 12.1 Å². The van der Waals surface area contributed by atoms with Gasteiger partial charge in [0.25, 0.3) is 0 Å². The lowest BCUT2D eigenvalue weighted by atomic mass is 10.2. The fraction of sp³-hybridized carbons (Fsp3) is 0.500. The van der Waals surface area contributed by atoms with Gasteiger partial charge in [0.2, 0.25) is 0 Å². The molecular weight excluding hydrogens is 377 g/mol. The Bertz CT molecular complexity index is 845. The molecular formula is C18H21F3N4O3. The van der Waals surface area contributed by atoms with Crippen molar-refractivity contribution < 1.29 is 27.4 Å². The highest BCUT2D eigenvalue weighted by molar-refractivity contribution is 5.69. The summed E-state index contributed by atoms with van der Waals surface area (Å²) in [6, 6.07) is 5.28. The van der Waals surface area contributed by atoms with Crippen molar-refractivity contribution in [2.24, 2.45) is 0 Å². The molecule has 0 saturated carbocycles. The Labute approximate surface area is 159 Å². The predicted molar refractivity (Wildman–Crippen MR) is 93.4 cm³/mol. The minimum absolute atomic E-state index is 0.125. The Morgan fingerprint density at radius 1 is 1.21 bits per heavy atom. The number of para-hydroxylation sites is 1. The smallest absolute Gasteiger partial charge is 0.444 e. The van der Waals surface area contributed by atoms with Crippen LogP contribution in [0.5, 0.6) is 5.75 Å². The zero-order valence-corrected chi connectivity index (χ0v) is 15.7. The van der Waals surface area contributed by atoms with E-state index in [-0.39, 0.29) is 23.2 Å². The number of halogens is 3. The molecule has 1 amide bonds. The first-order valence-corrected chi connectivity index (χ1v) is 8.81. The SMILES string of the molecule is CC(C)(C)OC(=O)N1CCC[C@H]1c1nnc(-c2ccccc2OC(F)(F)F)[nH]1. The maximum absolute atomic E-state index is 12.6. The molecule has 2 aromatic rings. The molecule has 7 nitrogen and oxygen atoms in total. The Morgan fingerprint density at radius 2 is 1.93 bits per heavy atom. The molecule has 2 heterocycles. The van der Waals surface area contributed by atoms with Crippen LogP contribution in [0.4, 0.5) is 18.0 Å². The Hall–Kier alpha value is -2.78. The molecule has 28 heavy (non-hydrogen) atoms. The third-order valence-corrected chi connectivity index (χ3v) is 4.07. The number of rotatable bonds is 3. The standard InChI is InChI=1S/C18H21F3N4O3/c1-17(2,3)28-16(26)25-10-6-8-12(25)15-22-14(23-24-15)11-7-4-5-9-13(11)27-18(19,20)21/h4-5,7,9,12H,6,8,10H2,1-3H3,(H,22,23,24)/t12-/m0/s1. The summed E-state index contributed by atoms with van der Waals surface area (Å²) in [4.78, 5) is 16.9. The van der Waals surface area contributed by atoms with Crippen LogP contribution < -0.4 is 4.74 Å². The zero-order chi connectivity index (χ0) is 20.5. The number of benzene rings is 1. The van der Waals surface area contributed by atoms with Crippen molar-refractivity contribution >= 4 is 6.09 Å². The topological polar surface area (TPSA) is 80.3 Å². The number of hydrogen-bond acceptors (Lipinski definition) is 5. The molecule has 0 spiro atoms. The van der Waals surface area contributed by atoms with E-state index in [1.54, 1.807) is 31.7 Å². The van der Waals surface area contributed by atoms with Crippen molar-refractivity contribution in [1.82, 2.24) is 20.1 Å². The van der Waals surface area contributed by atoms with Crippen molar-refractivity contribution in [1.29, 1.82) is 0 Å².